The molecule has 1 amide bonds. The summed E-state index contributed by atoms with van der Waals surface area (Å²) in [5.41, 5.74) is 3.41. The van der Waals surface area contributed by atoms with Gasteiger partial charge in [0.05, 0.1) is 10.5 Å². The number of hydrogen-bond donors (Lipinski definition) is 1. The number of anilines is 1. The first-order valence-electron chi connectivity index (χ1n) is 7.68. The summed E-state index contributed by atoms with van der Waals surface area (Å²) in [7, 11) is -3.45. The lowest BCUT2D eigenvalue weighted by Gasteiger charge is -2.20. The summed E-state index contributed by atoms with van der Waals surface area (Å²) < 4.78 is 23.7. The summed E-state index contributed by atoms with van der Waals surface area (Å²) in [6, 6.07) is 12.2. The molecule has 0 radical (unpaired) electrons. The van der Waals surface area contributed by atoms with Crippen molar-refractivity contribution in [3.05, 3.63) is 59.2 Å². The van der Waals surface area contributed by atoms with Crippen molar-refractivity contribution in [2.24, 2.45) is 0 Å². The highest BCUT2D eigenvalue weighted by Gasteiger charge is 2.20. The third kappa shape index (κ3) is 3.29. The van der Waals surface area contributed by atoms with Crippen molar-refractivity contribution >= 4 is 21.4 Å². The number of fused-ring (bicyclic) bond motifs is 1. The molecular formula is C18H19NO3S. The van der Waals surface area contributed by atoms with E-state index in [-0.39, 0.29) is 16.4 Å². The van der Waals surface area contributed by atoms with E-state index < -0.39 is 9.84 Å². The fraction of sp³-hybridized carbons (Fsp3) is 0.278. The Labute approximate surface area is 136 Å². The maximum atomic E-state index is 12.6. The predicted octanol–water partition coefficient (Wildman–Crippen LogP) is 3.22. The van der Waals surface area contributed by atoms with Crippen molar-refractivity contribution in [1.82, 2.24) is 0 Å². The molecule has 0 spiro atoms. The number of aryl methyl sites for hydroxylation is 1. The number of rotatable bonds is 3. The molecule has 0 atom stereocenters. The summed E-state index contributed by atoms with van der Waals surface area (Å²) in [6.45, 7) is 0. The molecule has 1 N–H and O–H groups in total. The highest BCUT2D eigenvalue weighted by molar-refractivity contribution is 7.90. The Morgan fingerprint density at radius 1 is 1.00 bits per heavy atom. The molecular weight excluding hydrogens is 310 g/mol. The number of carbonyl (C=O) groups is 1. The number of carbonyl (C=O) groups excluding carboxylic acids is 1. The van der Waals surface area contributed by atoms with E-state index in [4.69, 9.17) is 0 Å². The Morgan fingerprint density at radius 2 is 1.74 bits per heavy atom. The first kappa shape index (κ1) is 15.7. The molecule has 0 unspecified atom stereocenters. The van der Waals surface area contributed by atoms with Gasteiger partial charge in [-0.2, -0.15) is 0 Å². The lowest BCUT2D eigenvalue weighted by Crippen LogP contribution is -2.18. The molecule has 0 bridgehead atoms. The van der Waals surface area contributed by atoms with E-state index in [1.54, 1.807) is 18.2 Å². The third-order valence-corrected chi connectivity index (χ3v) is 5.33. The molecule has 120 valence electrons. The predicted molar refractivity (Wildman–Crippen MR) is 90.6 cm³/mol. The van der Waals surface area contributed by atoms with Crippen LogP contribution in [0, 0.1) is 0 Å². The maximum absolute atomic E-state index is 12.6. The number of sulfone groups is 1. The van der Waals surface area contributed by atoms with Crippen molar-refractivity contribution in [3.63, 3.8) is 0 Å². The molecule has 4 nitrogen and oxygen atoms in total. The molecule has 0 fully saturated rings. The lowest BCUT2D eigenvalue weighted by molar-refractivity contribution is 0.102. The molecule has 0 saturated carbocycles. The molecule has 0 aliphatic heterocycles. The second-order valence-corrected chi connectivity index (χ2v) is 7.86. The first-order valence-corrected chi connectivity index (χ1v) is 9.57. The molecule has 1 aliphatic rings. The molecule has 0 aromatic heterocycles. The Hall–Kier alpha value is -2.14. The summed E-state index contributed by atoms with van der Waals surface area (Å²) in [4.78, 5) is 12.6. The highest BCUT2D eigenvalue weighted by Crippen LogP contribution is 2.28. The van der Waals surface area contributed by atoms with E-state index in [0.29, 0.717) is 0 Å². The van der Waals surface area contributed by atoms with Crippen LogP contribution in [0.15, 0.2) is 47.4 Å². The Morgan fingerprint density at radius 3 is 2.52 bits per heavy atom. The van der Waals surface area contributed by atoms with Crippen molar-refractivity contribution in [2.45, 2.75) is 30.6 Å². The summed E-state index contributed by atoms with van der Waals surface area (Å²) in [6.07, 6.45) is 5.36. The van der Waals surface area contributed by atoms with E-state index in [0.717, 1.165) is 31.2 Å². The average molecular weight is 329 g/mol. The third-order valence-electron chi connectivity index (χ3n) is 4.18. The molecule has 1 aliphatic carbocycles. The number of benzene rings is 2. The zero-order valence-corrected chi connectivity index (χ0v) is 13.8. The summed E-state index contributed by atoms with van der Waals surface area (Å²) in [5, 5.41) is 2.90. The van der Waals surface area contributed by atoms with Gasteiger partial charge in [-0.1, -0.05) is 24.3 Å². The van der Waals surface area contributed by atoms with Gasteiger partial charge in [0.15, 0.2) is 9.84 Å². The van der Waals surface area contributed by atoms with E-state index in [2.05, 4.69) is 11.4 Å². The van der Waals surface area contributed by atoms with Crippen LogP contribution in [0.4, 0.5) is 5.69 Å². The van der Waals surface area contributed by atoms with E-state index in [9.17, 15) is 13.2 Å². The minimum atomic E-state index is -3.45. The van der Waals surface area contributed by atoms with Crippen LogP contribution in [0.25, 0.3) is 0 Å². The second kappa shape index (κ2) is 6.16. The fourth-order valence-electron chi connectivity index (χ4n) is 3.07. The normalized spacial score (nSPS) is 14.1. The lowest BCUT2D eigenvalue weighted by atomic mass is 9.90. The monoisotopic (exact) mass is 329 g/mol. The van der Waals surface area contributed by atoms with Crippen LogP contribution in [0.1, 0.15) is 34.3 Å². The van der Waals surface area contributed by atoms with E-state index >= 15 is 0 Å². The average Bonchev–Trinajstić information content (AvgIpc) is 2.54. The first-order chi connectivity index (χ1) is 11.0. The van der Waals surface area contributed by atoms with Gasteiger partial charge in [0.2, 0.25) is 0 Å². The van der Waals surface area contributed by atoms with Crippen LogP contribution < -0.4 is 5.32 Å². The van der Waals surface area contributed by atoms with E-state index in [1.807, 2.05) is 12.1 Å². The van der Waals surface area contributed by atoms with Gasteiger partial charge in [0, 0.05) is 11.9 Å². The molecule has 3 rings (SSSR count). The smallest absolute Gasteiger partial charge is 0.256 e. The zero-order chi connectivity index (χ0) is 16.4. The van der Waals surface area contributed by atoms with Gasteiger partial charge in [-0.15, -0.1) is 0 Å². The molecule has 0 heterocycles. The van der Waals surface area contributed by atoms with Gasteiger partial charge in [-0.25, -0.2) is 8.42 Å². The fourth-order valence-corrected chi connectivity index (χ4v) is 3.95. The quantitative estimate of drug-likeness (QED) is 0.940. The Bertz CT molecular complexity index is 856. The number of hydrogen-bond acceptors (Lipinski definition) is 3. The second-order valence-electron chi connectivity index (χ2n) is 5.87. The molecule has 5 heteroatoms. The Kier molecular flexibility index (Phi) is 4.22. The van der Waals surface area contributed by atoms with Crippen LogP contribution >= 0.6 is 0 Å². The van der Waals surface area contributed by atoms with Crippen LogP contribution in [-0.2, 0) is 22.7 Å². The molecule has 23 heavy (non-hydrogen) atoms. The van der Waals surface area contributed by atoms with Gasteiger partial charge < -0.3 is 5.32 Å². The summed E-state index contributed by atoms with van der Waals surface area (Å²) >= 11 is 0. The van der Waals surface area contributed by atoms with Crippen LogP contribution in [0.3, 0.4) is 0 Å². The minimum absolute atomic E-state index is 0.0577. The maximum Gasteiger partial charge on any atom is 0.256 e. The Balaban J connectivity index is 1.95. The van der Waals surface area contributed by atoms with Crippen molar-refractivity contribution in [1.29, 1.82) is 0 Å². The van der Waals surface area contributed by atoms with Crippen LogP contribution in [0.2, 0.25) is 0 Å². The molecule has 2 aromatic rings. The highest BCUT2D eigenvalue weighted by atomic mass is 32.2. The largest absolute Gasteiger partial charge is 0.322 e. The van der Waals surface area contributed by atoms with Gasteiger partial charge in [0.1, 0.15) is 0 Å². The van der Waals surface area contributed by atoms with Gasteiger partial charge in [0.25, 0.3) is 5.91 Å². The molecule has 2 aromatic carbocycles. The van der Waals surface area contributed by atoms with E-state index in [1.165, 1.54) is 23.6 Å². The van der Waals surface area contributed by atoms with Crippen molar-refractivity contribution in [3.8, 4) is 0 Å². The number of nitrogens with one attached hydrogen (secondary N) is 1. The molecule has 0 saturated heterocycles. The topological polar surface area (TPSA) is 63.2 Å². The van der Waals surface area contributed by atoms with Crippen LogP contribution in [-0.4, -0.2) is 20.6 Å². The zero-order valence-electron chi connectivity index (χ0n) is 13.0. The standard InChI is InChI=1S/C18H19NO3S/c1-23(21,22)17-12-5-4-10-15(17)18(20)19-16-11-6-8-13-7-2-3-9-14(13)16/h4-6,8,10-12H,2-3,7,9H2,1H3,(H,19,20). The summed E-state index contributed by atoms with van der Waals surface area (Å²) in [5.74, 6) is -0.384. The van der Waals surface area contributed by atoms with Crippen molar-refractivity contribution in [2.75, 3.05) is 11.6 Å². The van der Waals surface area contributed by atoms with Gasteiger partial charge >= 0.3 is 0 Å². The van der Waals surface area contributed by atoms with Crippen molar-refractivity contribution < 1.29 is 13.2 Å². The number of amides is 1. The van der Waals surface area contributed by atoms with Crippen LogP contribution in [0.5, 0.6) is 0 Å². The van der Waals surface area contributed by atoms with Gasteiger partial charge in [-0.3, -0.25) is 4.79 Å². The SMILES string of the molecule is CS(=O)(=O)c1ccccc1C(=O)Nc1cccc2c1CCCC2. The minimum Gasteiger partial charge on any atom is -0.322 e. The van der Waals surface area contributed by atoms with Gasteiger partial charge in [-0.05, 0) is 55.0 Å².